The number of ether oxygens (including phenoxy) is 2. The molecule has 4 heterocycles. The Kier molecular flexibility index (Phi) is 8.13. The van der Waals surface area contributed by atoms with Gasteiger partial charge in [0.25, 0.3) is 11.5 Å². The Labute approximate surface area is 272 Å². The molecule has 0 spiro atoms. The van der Waals surface area contributed by atoms with Gasteiger partial charge in [0.1, 0.15) is 17.9 Å². The molecule has 0 aliphatic carbocycles. The first kappa shape index (κ1) is 30.5. The van der Waals surface area contributed by atoms with Gasteiger partial charge in [-0.15, -0.1) is 0 Å². The van der Waals surface area contributed by atoms with Gasteiger partial charge in [0.2, 0.25) is 5.91 Å². The monoisotopic (exact) mass is 635 g/mol. The van der Waals surface area contributed by atoms with E-state index in [2.05, 4.69) is 16.3 Å². The van der Waals surface area contributed by atoms with Gasteiger partial charge in [-0.25, -0.2) is 9.89 Å². The number of aromatic amines is 1. The molecule has 3 aromatic carbocycles. The maximum atomic E-state index is 14.0. The number of nitrogens with zero attached hydrogens (tertiary/aromatic N) is 4. The van der Waals surface area contributed by atoms with Crippen molar-refractivity contribution >= 4 is 28.7 Å². The molecule has 11 nitrogen and oxygen atoms in total. The summed E-state index contributed by atoms with van der Waals surface area (Å²) in [5, 5.41) is 8.28. The molecule has 0 radical (unpaired) electrons. The van der Waals surface area contributed by atoms with E-state index >= 15 is 0 Å². The lowest BCUT2D eigenvalue weighted by Gasteiger charge is -2.41. The average Bonchev–Trinajstić information content (AvgIpc) is 3.75. The summed E-state index contributed by atoms with van der Waals surface area (Å²) in [4.78, 5) is 58.3. The van der Waals surface area contributed by atoms with Gasteiger partial charge in [0.15, 0.2) is 0 Å². The van der Waals surface area contributed by atoms with Crippen molar-refractivity contribution in [1.29, 1.82) is 0 Å². The van der Waals surface area contributed by atoms with Crippen molar-refractivity contribution in [3.63, 3.8) is 0 Å². The molecule has 11 heteroatoms. The summed E-state index contributed by atoms with van der Waals surface area (Å²) in [7, 11) is 0. The zero-order chi connectivity index (χ0) is 32.5. The summed E-state index contributed by atoms with van der Waals surface area (Å²) in [6, 6.07) is 20.8. The number of fused-ring (bicyclic) bond motifs is 2. The molecule has 1 N–H and O–H groups in total. The number of hydrogen-bond donors (Lipinski definition) is 1. The van der Waals surface area contributed by atoms with Crippen LogP contribution in [0.2, 0.25) is 0 Å². The molecule has 4 aromatic rings. The quantitative estimate of drug-likeness (QED) is 0.341. The molecule has 3 amide bonds. The lowest BCUT2D eigenvalue weighted by Crippen LogP contribution is -2.60. The van der Waals surface area contributed by atoms with E-state index in [9.17, 15) is 19.2 Å². The van der Waals surface area contributed by atoms with Gasteiger partial charge in [0, 0.05) is 51.0 Å². The van der Waals surface area contributed by atoms with Crippen molar-refractivity contribution in [2.24, 2.45) is 0 Å². The van der Waals surface area contributed by atoms with Gasteiger partial charge in [-0.05, 0) is 48.6 Å². The predicted molar refractivity (Wildman–Crippen MR) is 174 cm³/mol. The van der Waals surface area contributed by atoms with Gasteiger partial charge in [0.05, 0.1) is 23.3 Å². The average molecular weight is 636 g/mol. The number of aromatic nitrogens is 2. The number of hydrogen-bond acceptors (Lipinski definition) is 7. The Morgan fingerprint density at radius 2 is 1.64 bits per heavy atom. The van der Waals surface area contributed by atoms with E-state index < -0.39 is 11.6 Å². The van der Waals surface area contributed by atoms with E-state index in [1.165, 1.54) is 0 Å². The third-order valence-electron chi connectivity index (χ3n) is 9.60. The van der Waals surface area contributed by atoms with Gasteiger partial charge in [-0.2, -0.15) is 5.10 Å². The fraction of sp³-hybridized carbons (Fsp3) is 0.361. The van der Waals surface area contributed by atoms with Crippen molar-refractivity contribution in [2.45, 2.75) is 44.8 Å². The topological polar surface area (TPSA) is 125 Å². The zero-order valence-corrected chi connectivity index (χ0v) is 26.4. The molecule has 0 saturated carbocycles. The van der Waals surface area contributed by atoms with Crippen LogP contribution in [0.1, 0.15) is 52.5 Å². The highest BCUT2D eigenvalue weighted by Crippen LogP contribution is 2.35. The van der Waals surface area contributed by atoms with E-state index in [1.54, 1.807) is 20.8 Å². The number of nitrogens with one attached hydrogen (secondary N) is 1. The minimum atomic E-state index is -0.997. The van der Waals surface area contributed by atoms with Crippen LogP contribution >= 0.6 is 0 Å². The number of benzene rings is 3. The number of carbonyl (C=O) groups excluding carboxylic acids is 3. The second-order valence-electron chi connectivity index (χ2n) is 12.6. The van der Waals surface area contributed by atoms with Crippen molar-refractivity contribution < 1.29 is 23.9 Å². The summed E-state index contributed by atoms with van der Waals surface area (Å²) < 4.78 is 11.5. The lowest BCUT2D eigenvalue weighted by atomic mass is 9.96. The van der Waals surface area contributed by atoms with Crippen LogP contribution in [0.5, 0.6) is 5.75 Å². The van der Waals surface area contributed by atoms with E-state index in [1.807, 2.05) is 61.5 Å². The number of piperazine rings is 1. The van der Waals surface area contributed by atoms with Crippen LogP contribution in [0.3, 0.4) is 0 Å². The zero-order valence-electron chi connectivity index (χ0n) is 26.4. The van der Waals surface area contributed by atoms with E-state index in [0.29, 0.717) is 81.7 Å². The number of likely N-dealkylation sites (tertiary alicyclic amines) is 1. The second kappa shape index (κ2) is 12.5. The van der Waals surface area contributed by atoms with E-state index in [0.717, 1.165) is 27.8 Å². The molecule has 3 aliphatic rings. The highest BCUT2D eigenvalue weighted by atomic mass is 16.6. The highest BCUT2D eigenvalue weighted by Gasteiger charge is 2.49. The normalized spacial score (nSPS) is 19.0. The number of rotatable bonds is 6. The summed E-state index contributed by atoms with van der Waals surface area (Å²) >= 11 is 0. The number of carbonyl (C=O) groups is 3. The summed E-state index contributed by atoms with van der Waals surface area (Å²) in [5.41, 5.74) is 2.76. The standard InChI is InChI=1S/C36H37N5O6/c1-36(13-7-14-41(36)35(45)47-23-24-8-3-2-4-9-24)34(44)40-17-15-39(16-18-40)33(43)29-21-25(20-26-12-19-46-31(26)29)22-30-27-10-5-6-11-28(27)32(42)38-37-30/h2-6,8-11,20-21H,7,12-19,22-23H2,1H3,(H,38,42)/t36-/m1/s1. The second-order valence-corrected chi connectivity index (χ2v) is 12.6. The Morgan fingerprint density at radius 1 is 0.915 bits per heavy atom. The SMILES string of the molecule is C[C@]1(C(=O)N2CCN(C(=O)c3cc(Cc4n[nH]c(=O)c5ccccc45)cc4c3OCC4)CC2)CCCN1C(=O)OCc1ccccc1. The maximum absolute atomic E-state index is 14.0. The maximum Gasteiger partial charge on any atom is 0.410 e. The van der Waals surface area contributed by atoms with Gasteiger partial charge in [-0.1, -0.05) is 54.6 Å². The highest BCUT2D eigenvalue weighted by molar-refractivity contribution is 5.98. The fourth-order valence-corrected chi connectivity index (χ4v) is 7.03. The Bertz CT molecular complexity index is 1900. The Balaban J connectivity index is 1.03. The molecule has 1 atom stereocenters. The molecule has 2 saturated heterocycles. The summed E-state index contributed by atoms with van der Waals surface area (Å²) in [6.45, 7) is 4.38. The Morgan fingerprint density at radius 3 is 2.43 bits per heavy atom. The molecule has 0 bridgehead atoms. The molecular weight excluding hydrogens is 598 g/mol. The van der Waals surface area contributed by atoms with Crippen LogP contribution in [0.25, 0.3) is 10.8 Å². The minimum Gasteiger partial charge on any atom is -0.492 e. The lowest BCUT2D eigenvalue weighted by molar-refractivity contribution is -0.142. The van der Waals surface area contributed by atoms with E-state index in [-0.39, 0.29) is 24.0 Å². The summed E-state index contributed by atoms with van der Waals surface area (Å²) in [5.74, 6) is 0.347. The van der Waals surface area contributed by atoms with Gasteiger partial charge >= 0.3 is 6.09 Å². The van der Waals surface area contributed by atoms with Gasteiger partial charge in [-0.3, -0.25) is 19.3 Å². The third kappa shape index (κ3) is 5.82. The molecule has 3 aliphatic heterocycles. The molecule has 0 unspecified atom stereocenters. The molecule has 1 aromatic heterocycles. The van der Waals surface area contributed by atoms with Crippen LogP contribution < -0.4 is 10.3 Å². The van der Waals surface area contributed by atoms with Crippen LogP contribution in [0.15, 0.2) is 71.5 Å². The first-order valence-electron chi connectivity index (χ1n) is 16.1. The van der Waals surface area contributed by atoms with E-state index in [4.69, 9.17) is 9.47 Å². The van der Waals surface area contributed by atoms with Crippen LogP contribution in [-0.2, 0) is 29.0 Å². The number of H-pyrrole nitrogens is 1. The van der Waals surface area contributed by atoms with Crippen molar-refractivity contribution in [2.75, 3.05) is 39.3 Å². The smallest absolute Gasteiger partial charge is 0.410 e. The largest absolute Gasteiger partial charge is 0.492 e. The van der Waals surface area contributed by atoms with Crippen molar-refractivity contribution in [3.05, 3.63) is 105 Å². The molecule has 2 fully saturated rings. The minimum absolute atomic E-state index is 0.120. The summed E-state index contributed by atoms with van der Waals surface area (Å²) in [6.07, 6.45) is 1.92. The van der Waals surface area contributed by atoms with Crippen LogP contribution in [-0.4, -0.2) is 87.7 Å². The first-order chi connectivity index (χ1) is 22.8. The van der Waals surface area contributed by atoms with Crippen molar-refractivity contribution in [3.8, 4) is 5.75 Å². The first-order valence-corrected chi connectivity index (χ1v) is 16.1. The molecule has 7 rings (SSSR count). The van der Waals surface area contributed by atoms with Gasteiger partial charge < -0.3 is 19.3 Å². The fourth-order valence-electron chi connectivity index (χ4n) is 7.03. The molecular formula is C36H37N5O6. The Hall–Kier alpha value is -5.19. The molecule has 242 valence electrons. The predicted octanol–water partition coefficient (Wildman–Crippen LogP) is 3.92. The third-order valence-corrected chi connectivity index (χ3v) is 9.60. The number of amides is 3. The van der Waals surface area contributed by atoms with Crippen LogP contribution in [0, 0.1) is 0 Å². The van der Waals surface area contributed by atoms with Crippen molar-refractivity contribution in [1.82, 2.24) is 24.9 Å². The molecule has 47 heavy (non-hydrogen) atoms. The van der Waals surface area contributed by atoms with Crippen LogP contribution in [0.4, 0.5) is 4.79 Å².